The Morgan fingerprint density at radius 2 is 2.00 bits per heavy atom. The summed E-state index contributed by atoms with van der Waals surface area (Å²) in [5.74, 6) is 0.796. The minimum atomic E-state index is -0.337. The van der Waals surface area contributed by atoms with E-state index in [-0.39, 0.29) is 16.3 Å². The number of hydrogen-bond donors (Lipinski definition) is 2. The molecule has 0 unspecified atom stereocenters. The molecule has 128 valence electrons. The van der Waals surface area contributed by atoms with Crippen molar-refractivity contribution in [1.29, 1.82) is 0 Å². The van der Waals surface area contributed by atoms with Crippen LogP contribution in [0.25, 0.3) is 6.08 Å². The molecule has 6 heteroatoms. The Hall–Kier alpha value is -1.92. The van der Waals surface area contributed by atoms with Gasteiger partial charge in [-0.2, -0.15) is 0 Å². The molecule has 1 saturated heterocycles. The zero-order chi connectivity index (χ0) is 16.7. The highest BCUT2D eigenvalue weighted by Gasteiger charge is 2.51. The number of nitrogens with zero attached hydrogens (tertiary/aromatic N) is 1. The molecular weight excluding hydrogens is 306 g/mol. The number of rotatable bonds is 2. The molecule has 0 spiro atoms. The van der Waals surface area contributed by atoms with Crippen LogP contribution in [-0.2, 0) is 0 Å². The number of nitrogens with one attached hydrogen (secondary N) is 2. The van der Waals surface area contributed by atoms with Gasteiger partial charge < -0.3 is 9.64 Å². The van der Waals surface area contributed by atoms with Crippen molar-refractivity contribution < 1.29 is 19.5 Å². The van der Waals surface area contributed by atoms with Gasteiger partial charge in [0.05, 0.1) is 12.0 Å². The summed E-state index contributed by atoms with van der Waals surface area (Å²) in [6, 6.07) is 4.97. The first kappa shape index (κ1) is 15.6. The molecule has 0 aromatic heterocycles. The molecule has 2 N–H and O–H groups in total. The lowest BCUT2D eigenvalue weighted by Crippen LogP contribution is -3.31. The predicted octanol–water partition coefficient (Wildman–Crippen LogP) is 0.0541. The van der Waals surface area contributed by atoms with E-state index in [0.29, 0.717) is 0 Å². The fourth-order valence-corrected chi connectivity index (χ4v) is 4.45. The molecule has 0 amide bonds. The van der Waals surface area contributed by atoms with Gasteiger partial charge in [0, 0.05) is 29.7 Å². The van der Waals surface area contributed by atoms with Crippen molar-refractivity contribution in [3.63, 3.8) is 0 Å². The van der Waals surface area contributed by atoms with Crippen LogP contribution in [0, 0.1) is 10.1 Å². The van der Waals surface area contributed by atoms with Gasteiger partial charge in [-0.3, -0.25) is 15.0 Å². The van der Waals surface area contributed by atoms with Crippen molar-refractivity contribution in [2.75, 3.05) is 33.2 Å². The number of benzene rings is 1. The molecule has 2 fully saturated rings. The number of nitro groups is 1. The lowest BCUT2D eigenvalue weighted by Gasteiger charge is -2.47. The van der Waals surface area contributed by atoms with Gasteiger partial charge in [0.1, 0.15) is 31.9 Å². The maximum Gasteiger partial charge on any atom is 0.270 e. The zero-order valence-electron chi connectivity index (χ0n) is 14.1. The van der Waals surface area contributed by atoms with E-state index in [0.717, 1.165) is 37.2 Å². The van der Waals surface area contributed by atoms with Gasteiger partial charge in [-0.1, -0.05) is 0 Å². The highest BCUT2D eigenvalue weighted by molar-refractivity contribution is 5.66. The Morgan fingerprint density at radius 3 is 2.75 bits per heavy atom. The van der Waals surface area contributed by atoms with Gasteiger partial charge in [-0.05, 0) is 31.4 Å². The van der Waals surface area contributed by atoms with E-state index in [1.165, 1.54) is 36.4 Å². The molecule has 0 radical (unpaired) electrons. The van der Waals surface area contributed by atoms with Crippen molar-refractivity contribution in [2.24, 2.45) is 0 Å². The number of piperazine rings is 1. The van der Waals surface area contributed by atoms with E-state index in [4.69, 9.17) is 4.74 Å². The van der Waals surface area contributed by atoms with E-state index in [1.54, 1.807) is 23.1 Å². The number of hydrogen-bond acceptors (Lipinski definition) is 3. The summed E-state index contributed by atoms with van der Waals surface area (Å²) in [5.41, 5.74) is 2.07. The fourth-order valence-electron chi connectivity index (χ4n) is 4.45. The second-order valence-electron chi connectivity index (χ2n) is 7.35. The number of fused-ring (bicyclic) bond motifs is 2. The van der Waals surface area contributed by atoms with Crippen molar-refractivity contribution in [2.45, 2.75) is 31.4 Å². The molecule has 1 aromatic carbocycles. The number of likely N-dealkylation sites (N-methyl/N-ethyl adjacent to an activating group) is 1. The molecule has 0 bridgehead atoms. The predicted molar refractivity (Wildman–Crippen MR) is 90.2 cm³/mol. The average molecular weight is 331 g/mol. The van der Waals surface area contributed by atoms with Crippen LogP contribution in [0.3, 0.4) is 0 Å². The van der Waals surface area contributed by atoms with Crippen LogP contribution in [0.5, 0.6) is 5.75 Å². The smallest absolute Gasteiger partial charge is 0.270 e. The number of nitro benzene ring substituents is 1. The molecule has 3 aliphatic rings. The molecule has 2 aliphatic heterocycles. The van der Waals surface area contributed by atoms with Crippen LogP contribution in [0.4, 0.5) is 5.69 Å². The van der Waals surface area contributed by atoms with Gasteiger partial charge in [0.15, 0.2) is 0 Å². The first-order chi connectivity index (χ1) is 11.6. The minimum absolute atomic E-state index is 0.132. The Balaban J connectivity index is 1.72. The monoisotopic (exact) mass is 331 g/mol. The normalized spacial score (nSPS) is 32.1. The lowest BCUT2D eigenvalue weighted by molar-refractivity contribution is -1.04. The third-order valence-electron chi connectivity index (χ3n) is 5.84. The Labute approximate surface area is 141 Å². The van der Waals surface area contributed by atoms with E-state index >= 15 is 0 Å². The number of ether oxygens (including phenoxy) is 1. The summed E-state index contributed by atoms with van der Waals surface area (Å²) in [4.78, 5) is 13.8. The largest absolute Gasteiger partial charge is 0.436 e. The summed E-state index contributed by atoms with van der Waals surface area (Å²) >= 11 is 0. The summed E-state index contributed by atoms with van der Waals surface area (Å²) in [5, 5.41) is 11.0. The SMILES string of the molecule is C[NH+]1CC[NH+]([C@@]23CCCCC2=Cc2cc([N+](=O)[O-])ccc2O3)CC1. The second kappa shape index (κ2) is 5.86. The molecule has 24 heavy (non-hydrogen) atoms. The third-order valence-corrected chi connectivity index (χ3v) is 5.84. The maximum absolute atomic E-state index is 11.0. The average Bonchev–Trinajstić information content (AvgIpc) is 2.59. The molecule has 4 rings (SSSR count). The van der Waals surface area contributed by atoms with Crippen LogP contribution in [0.15, 0.2) is 23.8 Å². The van der Waals surface area contributed by atoms with E-state index < -0.39 is 0 Å². The molecular formula is C18H25N3O3+2. The molecule has 1 atom stereocenters. The second-order valence-corrected chi connectivity index (χ2v) is 7.35. The summed E-state index contributed by atoms with van der Waals surface area (Å²) < 4.78 is 6.60. The quantitative estimate of drug-likeness (QED) is 0.595. The number of non-ortho nitro benzene ring substituents is 1. The van der Waals surface area contributed by atoms with E-state index in [2.05, 4.69) is 13.1 Å². The summed E-state index contributed by atoms with van der Waals surface area (Å²) in [7, 11) is 2.25. The Kier molecular flexibility index (Phi) is 3.81. The third kappa shape index (κ3) is 2.50. The topological polar surface area (TPSA) is 61.2 Å². The molecule has 1 saturated carbocycles. The lowest BCUT2D eigenvalue weighted by atomic mass is 9.82. The van der Waals surface area contributed by atoms with E-state index in [9.17, 15) is 10.1 Å². The molecule has 6 nitrogen and oxygen atoms in total. The summed E-state index contributed by atoms with van der Waals surface area (Å²) in [6.45, 7) is 4.57. The van der Waals surface area contributed by atoms with Gasteiger partial charge in [0.25, 0.3) is 11.4 Å². The van der Waals surface area contributed by atoms with Crippen molar-refractivity contribution in [3.8, 4) is 5.75 Å². The maximum atomic E-state index is 11.0. The molecule has 1 aromatic rings. The van der Waals surface area contributed by atoms with Gasteiger partial charge in [-0.25, -0.2) is 0 Å². The van der Waals surface area contributed by atoms with Crippen LogP contribution < -0.4 is 14.5 Å². The zero-order valence-corrected chi connectivity index (χ0v) is 14.1. The molecule has 2 heterocycles. The Morgan fingerprint density at radius 1 is 1.21 bits per heavy atom. The fraction of sp³-hybridized carbons (Fsp3) is 0.556. The molecule has 1 aliphatic carbocycles. The van der Waals surface area contributed by atoms with Crippen molar-refractivity contribution in [3.05, 3.63) is 39.4 Å². The highest BCUT2D eigenvalue weighted by atomic mass is 16.6. The van der Waals surface area contributed by atoms with Crippen LogP contribution in [0.1, 0.15) is 31.2 Å². The first-order valence-corrected chi connectivity index (χ1v) is 8.93. The van der Waals surface area contributed by atoms with Crippen LogP contribution in [-0.4, -0.2) is 43.9 Å². The highest BCUT2D eigenvalue weighted by Crippen LogP contribution is 2.41. The van der Waals surface area contributed by atoms with Gasteiger partial charge in [0.2, 0.25) is 0 Å². The first-order valence-electron chi connectivity index (χ1n) is 8.93. The van der Waals surface area contributed by atoms with Gasteiger partial charge in [-0.15, -0.1) is 0 Å². The van der Waals surface area contributed by atoms with Crippen LogP contribution >= 0.6 is 0 Å². The standard InChI is InChI=1S/C18H23N3O3/c1-19-8-10-20(11-9-19)18-7-3-2-4-15(18)12-14-13-16(21(22)23)5-6-17(14)24-18/h5-6,12-13H,2-4,7-11H2,1H3/p+2/t18-/m1/s1. The van der Waals surface area contributed by atoms with Crippen molar-refractivity contribution in [1.82, 2.24) is 0 Å². The van der Waals surface area contributed by atoms with Gasteiger partial charge >= 0.3 is 0 Å². The van der Waals surface area contributed by atoms with Crippen molar-refractivity contribution >= 4 is 11.8 Å². The Bertz CT molecular complexity index is 695. The van der Waals surface area contributed by atoms with E-state index in [1.807, 2.05) is 0 Å². The summed E-state index contributed by atoms with van der Waals surface area (Å²) in [6.07, 6.45) is 6.62. The minimum Gasteiger partial charge on any atom is -0.436 e. The van der Waals surface area contributed by atoms with Crippen LogP contribution in [0.2, 0.25) is 0 Å². The number of quaternary nitrogens is 2.